The second-order valence-electron chi connectivity index (χ2n) is 3.76. The van der Waals surface area contributed by atoms with Gasteiger partial charge < -0.3 is 25.7 Å². The van der Waals surface area contributed by atoms with E-state index in [-0.39, 0.29) is 25.3 Å². The predicted octanol–water partition coefficient (Wildman–Crippen LogP) is 0.554. The van der Waals surface area contributed by atoms with Gasteiger partial charge in [-0.1, -0.05) is 0 Å². The van der Waals surface area contributed by atoms with Crippen LogP contribution in [0.5, 0.6) is 11.5 Å². The molecule has 0 spiro atoms. The fourth-order valence-electron chi connectivity index (χ4n) is 1.53. The van der Waals surface area contributed by atoms with E-state index in [4.69, 9.17) is 25.7 Å². The van der Waals surface area contributed by atoms with Crippen molar-refractivity contribution in [3.63, 3.8) is 0 Å². The number of ether oxygens (including phenoxy) is 3. The molecule has 0 aliphatic carbocycles. The van der Waals surface area contributed by atoms with Crippen molar-refractivity contribution in [1.82, 2.24) is 0 Å². The minimum absolute atomic E-state index is 0.128. The van der Waals surface area contributed by atoms with Crippen LogP contribution in [0.1, 0.15) is 6.92 Å². The van der Waals surface area contributed by atoms with Gasteiger partial charge in [0.15, 0.2) is 17.6 Å². The van der Waals surface area contributed by atoms with Gasteiger partial charge in [-0.05, 0) is 12.1 Å². The highest BCUT2D eigenvalue weighted by molar-refractivity contribution is 5.71. The highest BCUT2D eigenvalue weighted by atomic mass is 16.6. The Morgan fingerprint density at radius 1 is 1.41 bits per heavy atom. The van der Waals surface area contributed by atoms with Gasteiger partial charge in [0.1, 0.15) is 13.2 Å². The van der Waals surface area contributed by atoms with Crippen molar-refractivity contribution < 1.29 is 19.0 Å². The van der Waals surface area contributed by atoms with E-state index in [1.807, 2.05) is 0 Å². The van der Waals surface area contributed by atoms with Gasteiger partial charge in [-0.2, -0.15) is 0 Å². The number of carbonyl (C=O) groups excluding carboxylic acids is 1. The highest BCUT2D eigenvalue weighted by Crippen LogP contribution is 2.41. The monoisotopic (exact) mass is 238 g/mol. The molecule has 0 unspecified atom stereocenters. The summed E-state index contributed by atoms with van der Waals surface area (Å²) in [7, 11) is 0. The smallest absolute Gasteiger partial charge is 0.302 e. The van der Waals surface area contributed by atoms with Gasteiger partial charge >= 0.3 is 5.97 Å². The minimum atomic E-state index is -0.365. The molecule has 1 aromatic rings. The molecule has 1 heterocycles. The van der Waals surface area contributed by atoms with Crippen molar-refractivity contribution in [3.8, 4) is 11.5 Å². The molecule has 0 saturated carbocycles. The molecule has 6 nitrogen and oxygen atoms in total. The molecule has 1 aliphatic heterocycles. The van der Waals surface area contributed by atoms with E-state index >= 15 is 0 Å². The average Bonchev–Trinajstić information content (AvgIpc) is 2.31. The van der Waals surface area contributed by atoms with Crippen molar-refractivity contribution >= 4 is 17.3 Å². The molecule has 0 radical (unpaired) electrons. The van der Waals surface area contributed by atoms with E-state index in [1.54, 1.807) is 12.1 Å². The quantitative estimate of drug-likeness (QED) is 0.577. The number of fused-ring (bicyclic) bond motifs is 1. The van der Waals surface area contributed by atoms with Crippen molar-refractivity contribution in [2.45, 2.75) is 13.0 Å². The zero-order valence-electron chi connectivity index (χ0n) is 9.43. The molecule has 6 heteroatoms. The summed E-state index contributed by atoms with van der Waals surface area (Å²) >= 11 is 0. The van der Waals surface area contributed by atoms with Crippen LogP contribution in [0.4, 0.5) is 11.4 Å². The van der Waals surface area contributed by atoms with Crippen LogP contribution >= 0.6 is 0 Å². The third-order valence-corrected chi connectivity index (χ3v) is 2.34. The molecule has 92 valence electrons. The first-order valence-corrected chi connectivity index (χ1v) is 5.18. The lowest BCUT2D eigenvalue weighted by Gasteiger charge is -2.27. The standard InChI is InChI=1S/C11H14N2O4/c1-6(14)15-4-7-5-16-10-8(12)2-3-9(13)11(10)17-7/h2-3,7H,4-5,12-13H2,1H3/t7-/m1/s1. The molecule has 1 aliphatic rings. The summed E-state index contributed by atoms with van der Waals surface area (Å²) in [5.41, 5.74) is 12.4. The Hall–Kier alpha value is -2.11. The van der Waals surface area contributed by atoms with E-state index in [9.17, 15) is 4.79 Å². The first kappa shape index (κ1) is 11.4. The second-order valence-corrected chi connectivity index (χ2v) is 3.76. The fourth-order valence-corrected chi connectivity index (χ4v) is 1.53. The maximum Gasteiger partial charge on any atom is 0.302 e. The largest absolute Gasteiger partial charge is 0.483 e. The van der Waals surface area contributed by atoms with Crippen LogP contribution in [0.2, 0.25) is 0 Å². The van der Waals surface area contributed by atoms with Gasteiger partial charge in [0.2, 0.25) is 0 Å². The van der Waals surface area contributed by atoms with Crippen molar-refractivity contribution in [2.24, 2.45) is 0 Å². The minimum Gasteiger partial charge on any atom is -0.483 e. The Morgan fingerprint density at radius 3 is 2.71 bits per heavy atom. The van der Waals surface area contributed by atoms with E-state index in [2.05, 4.69) is 0 Å². The highest BCUT2D eigenvalue weighted by Gasteiger charge is 2.25. The Kier molecular flexibility index (Phi) is 2.95. The molecule has 0 fully saturated rings. The molecule has 17 heavy (non-hydrogen) atoms. The maximum absolute atomic E-state index is 10.7. The van der Waals surface area contributed by atoms with Crippen LogP contribution in [-0.2, 0) is 9.53 Å². The molecule has 0 aromatic heterocycles. The van der Waals surface area contributed by atoms with Crippen LogP contribution in [0, 0.1) is 0 Å². The summed E-state index contributed by atoms with van der Waals surface area (Å²) < 4.78 is 15.9. The number of hydrogen-bond donors (Lipinski definition) is 2. The Morgan fingerprint density at radius 2 is 2.06 bits per heavy atom. The zero-order chi connectivity index (χ0) is 12.4. The molecule has 2 rings (SSSR count). The van der Waals surface area contributed by atoms with Crippen LogP contribution < -0.4 is 20.9 Å². The molecular weight excluding hydrogens is 224 g/mol. The van der Waals surface area contributed by atoms with E-state index < -0.39 is 0 Å². The molecule has 0 amide bonds. The van der Waals surface area contributed by atoms with Gasteiger partial charge in [0.25, 0.3) is 0 Å². The molecular formula is C11H14N2O4. The van der Waals surface area contributed by atoms with E-state index in [0.717, 1.165) is 0 Å². The maximum atomic E-state index is 10.7. The summed E-state index contributed by atoms with van der Waals surface area (Å²) in [4.78, 5) is 10.7. The number of benzene rings is 1. The first-order chi connectivity index (χ1) is 8.08. The average molecular weight is 238 g/mol. The van der Waals surface area contributed by atoms with Gasteiger partial charge in [-0.15, -0.1) is 0 Å². The summed E-state index contributed by atoms with van der Waals surface area (Å²) in [5.74, 6) is 0.498. The number of carbonyl (C=O) groups is 1. The number of nitrogens with two attached hydrogens (primary N) is 2. The summed E-state index contributed by atoms with van der Waals surface area (Å²) in [6.45, 7) is 1.74. The third-order valence-electron chi connectivity index (χ3n) is 2.34. The van der Waals surface area contributed by atoms with E-state index in [1.165, 1.54) is 6.92 Å². The van der Waals surface area contributed by atoms with E-state index in [0.29, 0.717) is 22.9 Å². The van der Waals surface area contributed by atoms with Crippen molar-refractivity contribution in [3.05, 3.63) is 12.1 Å². The van der Waals surface area contributed by atoms with Gasteiger partial charge in [0, 0.05) is 6.92 Å². The second kappa shape index (κ2) is 4.40. The Bertz CT molecular complexity index is 447. The van der Waals surface area contributed by atoms with Gasteiger partial charge in [-0.25, -0.2) is 0 Å². The predicted molar refractivity (Wildman–Crippen MR) is 61.8 cm³/mol. The fraction of sp³-hybridized carbons (Fsp3) is 0.364. The Labute approximate surface area is 98.4 Å². The van der Waals surface area contributed by atoms with Gasteiger partial charge in [0.05, 0.1) is 11.4 Å². The van der Waals surface area contributed by atoms with Crippen molar-refractivity contribution in [2.75, 3.05) is 24.7 Å². The SMILES string of the molecule is CC(=O)OC[C@@H]1COc2c(N)ccc(N)c2O1. The summed E-state index contributed by atoms with van der Waals surface area (Å²) in [6.07, 6.45) is -0.365. The topological polar surface area (TPSA) is 96.8 Å². The number of anilines is 2. The number of nitrogen functional groups attached to an aromatic ring is 2. The molecule has 0 bridgehead atoms. The Balaban J connectivity index is 2.13. The lowest BCUT2D eigenvalue weighted by atomic mass is 10.2. The first-order valence-electron chi connectivity index (χ1n) is 5.18. The number of esters is 1. The van der Waals surface area contributed by atoms with Crippen LogP contribution in [0.25, 0.3) is 0 Å². The third kappa shape index (κ3) is 2.35. The number of rotatable bonds is 2. The normalized spacial score (nSPS) is 17.6. The van der Waals surface area contributed by atoms with Crippen molar-refractivity contribution in [1.29, 1.82) is 0 Å². The van der Waals surface area contributed by atoms with Gasteiger partial charge in [-0.3, -0.25) is 4.79 Å². The molecule has 0 saturated heterocycles. The lowest BCUT2D eigenvalue weighted by molar-refractivity contribution is -0.144. The zero-order valence-corrected chi connectivity index (χ0v) is 9.43. The van der Waals surface area contributed by atoms with Crippen LogP contribution in [0.3, 0.4) is 0 Å². The van der Waals surface area contributed by atoms with Crippen LogP contribution in [0.15, 0.2) is 12.1 Å². The molecule has 4 N–H and O–H groups in total. The lowest BCUT2D eigenvalue weighted by Crippen LogP contribution is -2.34. The van der Waals surface area contributed by atoms with Crippen LogP contribution in [-0.4, -0.2) is 25.3 Å². The molecule has 1 aromatic carbocycles. The summed E-state index contributed by atoms with van der Waals surface area (Å²) in [5, 5.41) is 0. The summed E-state index contributed by atoms with van der Waals surface area (Å²) in [6, 6.07) is 3.30. The number of hydrogen-bond acceptors (Lipinski definition) is 6. The molecule has 1 atom stereocenters.